The van der Waals surface area contributed by atoms with Crippen LogP contribution in [-0.4, -0.2) is 47.0 Å². The first kappa shape index (κ1) is 18.8. The maximum atomic E-state index is 4.67. The van der Waals surface area contributed by atoms with Crippen molar-refractivity contribution < 1.29 is 0 Å². The van der Waals surface area contributed by atoms with Crippen LogP contribution in [0.3, 0.4) is 0 Å². The molecule has 1 aromatic carbocycles. The van der Waals surface area contributed by atoms with Gasteiger partial charge in [-0.2, -0.15) is 4.98 Å². The largest absolute Gasteiger partial charge is 0.353 e. The van der Waals surface area contributed by atoms with Gasteiger partial charge in [0.15, 0.2) is 0 Å². The summed E-state index contributed by atoms with van der Waals surface area (Å²) < 4.78 is 0. The van der Waals surface area contributed by atoms with Crippen LogP contribution in [0, 0.1) is 13.8 Å². The van der Waals surface area contributed by atoms with Crippen molar-refractivity contribution in [1.29, 1.82) is 0 Å². The van der Waals surface area contributed by atoms with Crippen LogP contribution in [0.15, 0.2) is 48.8 Å². The van der Waals surface area contributed by atoms with Crippen molar-refractivity contribution in [1.82, 2.24) is 19.9 Å². The number of benzene rings is 1. The average Bonchev–Trinajstić information content (AvgIpc) is 2.61. The lowest BCUT2D eigenvalue weighted by atomic mass is 10.1. The molecule has 0 aliphatic rings. The van der Waals surface area contributed by atoms with Crippen LogP contribution in [0.25, 0.3) is 11.3 Å². The minimum absolute atomic E-state index is 0.609. The molecule has 0 saturated heterocycles. The molecule has 2 N–H and O–H groups in total. The molecule has 0 saturated carbocycles. The van der Waals surface area contributed by atoms with E-state index in [1.54, 1.807) is 12.4 Å². The van der Waals surface area contributed by atoms with E-state index in [0.717, 1.165) is 35.9 Å². The topological polar surface area (TPSA) is 66.0 Å². The number of pyridine rings is 1. The van der Waals surface area contributed by atoms with E-state index in [9.17, 15) is 0 Å². The summed E-state index contributed by atoms with van der Waals surface area (Å²) in [6.07, 6.45) is 3.54. The summed E-state index contributed by atoms with van der Waals surface area (Å²) in [5, 5.41) is 6.73. The third-order valence-corrected chi connectivity index (χ3v) is 4.04. The van der Waals surface area contributed by atoms with E-state index < -0.39 is 0 Å². The third kappa shape index (κ3) is 5.49. The second-order valence-corrected chi connectivity index (χ2v) is 6.93. The second-order valence-electron chi connectivity index (χ2n) is 6.93. The first-order valence-electron chi connectivity index (χ1n) is 9.03. The zero-order chi connectivity index (χ0) is 19.2. The average molecular weight is 362 g/mol. The predicted octanol–water partition coefficient (Wildman–Crippen LogP) is 3.87. The first-order chi connectivity index (χ1) is 13.0. The van der Waals surface area contributed by atoms with Crippen molar-refractivity contribution in [3.8, 4) is 11.3 Å². The van der Waals surface area contributed by atoms with Gasteiger partial charge in [-0.1, -0.05) is 6.07 Å². The molecule has 0 aliphatic carbocycles. The van der Waals surface area contributed by atoms with Gasteiger partial charge in [0.05, 0.1) is 5.69 Å². The molecule has 0 atom stereocenters. The molecule has 0 unspecified atom stereocenters. The van der Waals surface area contributed by atoms with E-state index in [0.29, 0.717) is 5.95 Å². The van der Waals surface area contributed by atoms with Crippen LogP contribution in [-0.2, 0) is 0 Å². The van der Waals surface area contributed by atoms with Gasteiger partial charge >= 0.3 is 0 Å². The maximum absolute atomic E-state index is 4.67. The Labute approximate surface area is 160 Å². The quantitative estimate of drug-likeness (QED) is 0.665. The van der Waals surface area contributed by atoms with Gasteiger partial charge in [-0.05, 0) is 63.3 Å². The van der Waals surface area contributed by atoms with Gasteiger partial charge in [-0.3, -0.25) is 4.98 Å². The number of rotatable bonds is 7. The minimum Gasteiger partial charge on any atom is -0.353 e. The highest BCUT2D eigenvalue weighted by atomic mass is 15.2. The summed E-state index contributed by atoms with van der Waals surface area (Å²) in [6.45, 7) is 5.86. The Hall–Kier alpha value is -2.99. The summed E-state index contributed by atoms with van der Waals surface area (Å²) in [5.74, 6) is 1.37. The highest BCUT2D eigenvalue weighted by Crippen LogP contribution is 2.24. The van der Waals surface area contributed by atoms with Crippen molar-refractivity contribution in [2.75, 3.05) is 37.8 Å². The first-order valence-corrected chi connectivity index (χ1v) is 9.03. The smallest absolute Gasteiger partial charge is 0.225 e. The molecule has 140 valence electrons. The zero-order valence-corrected chi connectivity index (χ0v) is 16.3. The molecular weight excluding hydrogens is 336 g/mol. The maximum Gasteiger partial charge on any atom is 0.225 e. The Morgan fingerprint density at radius 1 is 0.926 bits per heavy atom. The van der Waals surface area contributed by atoms with Crippen LogP contribution < -0.4 is 10.6 Å². The molecule has 3 rings (SSSR count). The molecule has 27 heavy (non-hydrogen) atoms. The van der Waals surface area contributed by atoms with Crippen LogP contribution >= 0.6 is 0 Å². The molecule has 6 nitrogen and oxygen atoms in total. The summed E-state index contributed by atoms with van der Waals surface area (Å²) >= 11 is 0. The van der Waals surface area contributed by atoms with E-state index in [1.807, 2.05) is 32.3 Å². The van der Waals surface area contributed by atoms with Gasteiger partial charge in [-0.25, -0.2) is 4.98 Å². The fraction of sp³-hybridized carbons (Fsp3) is 0.286. The predicted molar refractivity (Wildman–Crippen MR) is 112 cm³/mol. The third-order valence-electron chi connectivity index (χ3n) is 4.04. The van der Waals surface area contributed by atoms with Crippen LogP contribution in [0.5, 0.6) is 0 Å². The van der Waals surface area contributed by atoms with Crippen molar-refractivity contribution in [2.24, 2.45) is 0 Å². The van der Waals surface area contributed by atoms with Gasteiger partial charge in [0, 0.05) is 42.8 Å². The van der Waals surface area contributed by atoms with E-state index in [4.69, 9.17) is 0 Å². The summed E-state index contributed by atoms with van der Waals surface area (Å²) in [5.41, 5.74) is 5.31. The van der Waals surface area contributed by atoms with Crippen molar-refractivity contribution in [3.63, 3.8) is 0 Å². The van der Waals surface area contributed by atoms with Crippen molar-refractivity contribution >= 4 is 17.5 Å². The highest BCUT2D eigenvalue weighted by molar-refractivity contribution is 5.67. The Morgan fingerprint density at radius 3 is 2.30 bits per heavy atom. The lowest BCUT2D eigenvalue weighted by Crippen LogP contribution is -2.21. The number of aryl methyl sites for hydroxylation is 2. The highest BCUT2D eigenvalue weighted by Gasteiger charge is 2.08. The number of hydrogen-bond donors (Lipinski definition) is 2. The number of anilines is 3. The fourth-order valence-electron chi connectivity index (χ4n) is 2.85. The van der Waals surface area contributed by atoms with Crippen LogP contribution in [0.2, 0.25) is 0 Å². The Kier molecular flexibility index (Phi) is 5.98. The number of aromatic nitrogens is 3. The van der Waals surface area contributed by atoms with E-state index in [-0.39, 0.29) is 0 Å². The number of hydrogen-bond acceptors (Lipinski definition) is 6. The molecule has 2 aromatic heterocycles. The van der Waals surface area contributed by atoms with Gasteiger partial charge in [0.1, 0.15) is 5.82 Å². The lowest BCUT2D eigenvalue weighted by molar-refractivity contribution is 0.425. The van der Waals surface area contributed by atoms with Crippen molar-refractivity contribution in [3.05, 3.63) is 59.9 Å². The second kappa shape index (κ2) is 8.60. The molecule has 0 spiro atoms. The molecule has 0 radical (unpaired) electrons. The Morgan fingerprint density at radius 2 is 1.63 bits per heavy atom. The van der Waals surface area contributed by atoms with Gasteiger partial charge in [0.2, 0.25) is 5.95 Å². The van der Waals surface area contributed by atoms with Crippen LogP contribution in [0.1, 0.15) is 11.1 Å². The summed E-state index contributed by atoms with van der Waals surface area (Å²) in [4.78, 5) is 15.5. The van der Waals surface area contributed by atoms with Gasteiger partial charge in [0.25, 0.3) is 0 Å². The Balaban J connectivity index is 1.91. The number of likely N-dealkylation sites (N-methyl/N-ethyl adjacent to an activating group) is 1. The van der Waals surface area contributed by atoms with E-state index >= 15 is 0 Å². The summed E-state index contributed by atoms with van der Waals surface area (Å²) in [7, 11) is 4.09. The monoisotopic (exact) mass is 362 g/mol. The minimum atomic E-state index is 0.609. The van der Waals surface area contributed by atoms with Crippen molar-refractivity contribution in [2.45, 2.75) is 13.8 Å². The van der Waals surface area contributed by atoms with E-state index in [1.165, 1.54) is 11.1 Å². The molecule has 0 bridgehead atoms. The summed E-state index contributed by atoms with van der Waals surface area (Å²) in [6, 6.07) is 12.2. The molecular formula is C21H26N6. The molecule has 0 amide bonds. The normalized spacial score (nSPS) is 10.9. The van der Waals surface area contributed by atoms with Crippen LogP contribution in [0.4, 0.5) is 17.5 Å². The molecule has 0 fully saturated rings. The number of nitrogens with one attached hydrogen (secondary N) is 2. The number of nitrogens with zero attached hydrogens (tertiary/aromatic N) is 4. The molecule has 2 heterocycles. The fourth-order valence-corrected chi connectivity index (χ4v) is 2.85. The molecule has 3 aromatic rings. The van der Waals surface area contributed by atoms with Gasteiger partial charge < -0.3 is 15.5 Å². The van der Waals surface area contributed by atoms with E-state index in [2.05, 4.69) is 62.5 Å². The molecule has 0 aliphatic heterocycles. The molecule has 6 heteroatoms. The SMILES string of the molecule is Cc1cc(C)cc(Nc2cc(-c3ccncc3)nc(NCCN(C)C)n2)c1. The lowest BCUT2D eigenvalue weighted by Gasteiger charge is -2.14. The van der Waals surface area contributed by atoms with Gasteiger partial charge in [-0.15, -0.1) is 0 Å². The zero-order valence-electron chi connectivity index (χ0n) is 16.3. The standard InChI is InChI=1S/C21H26N6/c1-15-11-16(2)13-18(12-15)24-20-14-19(17-5-7-22-8-6-17)25-21(26-20)23-9-10-27(3)4/h5-8,11-14H,9-10H2,1-4H3,(H2,23,24,25,26). The Bertz CT molecular complexity index is 872.